The molecule has 1 fully saturated rings. The highest BCUT2D eigenvalue weighted by molar-refractivity contribution is 5.97. The molecule has 0 aromatic heterocycles. The molecule has 0 saturated carbocycles. The molecule has 26 heavy (non-hydrogen) atoms. The first-order chi connectivity index (χ1) is 12.3. The summed E-state index contributed by atoms with van der Waals surface area (Å²) in [5.74, 6) is -0.272. The molecule has 0 spiro atoms. The maximum absolute atomic E-state index is 11.4. The Morgan fingerprint density at radius 1 is 1.35 bits per heavy atom. The largest absolute Gasteiger partial charge is 0.493 e. The van der Waals surface area contributed by atoms with Crippen LogP contribution in [0.2, 0.25) is 0 Å². The van der Waals surface area contributed by atoms with Crippen LogP contribution in [0.1, 0.15) is 45.6 Å². The van der Waals surface area contributed by atoms with E-state index in [2.05, 4.69) is 10.3 Å². The van der Waals surface area contributed by atoms with Gasteiger partial charge in [0, 0.05) is 11.6 Å². The second-order valence-corrected chi connectivity index (χ2v) is 7.96. The first kappa shape index (κ1) is 20.2. The number of hydrogen-bond acceptors (Lipinski definition) is 4. The fourth-order valence-electron chi connectivity index (χ4n) is 2.97. The number of aliphatic imine (C=N–C) groups is 1. The summed E-state index contributed by atoms with van der Waals surface area (Å²) in [5, 5.41) is 12.8. The number of benzene rings is 1. The molecule has 0 amide bonds. The molecule has 1 aliphatic rings. The maximum Gasteiger partial charge on any atom is 0.310 e. The quantitative estimate of drug-likeness (QED) is 0.512. The van der Waals surface area contributed by atoms with Crippen LogP contribution in [0, 0.1) is 11.3 Å². The lowest BCUT2D eigenvalue weighted by molar-refractivity contribution is -0.146. The van der Waals surface area contributed by atoms with Gasteiger partial charge in [-0.3, -0.25) is 9.79 Å². The van der Waals surface area contributed by atoms with Crippen molar-refractivity contribution in [3.63, 3.8) is 0 Å². The number of nitrogens with zero attached hydrogens (tertiary/aromatic N) is 1. The molecule has 2 atom stereocenters. The fraction of sp³-hybridized carbons (Fsp3) is 0.600. The van der Waals surface area contributed by atoms with Gasteiger partial charge in [-0.05, 0) is 49.1 Å². The van der Waals surface area contributed by atoms with Gasteiger partial charge in [-0.15, -0.1) is 0 Å². The average Bonchev–Trinajstić information content (AvgIpc) is 2.60. The van der Waals surface area contributed by atoms with E-state index in [0.29, 0.717) is 24.2 Å². The SMILES string of the molecule is CC(C)(C)[C@@H](COc1ccc(C(N)=NCC2CCCCN2)cc1)C(=O)O. The molecule has 0 bridgehead atoms. The van der Waals surface area contributed by atoms with Gasteiger partial charge in [0.05, 0.1) is 12.5 Å². The summed E-state index contributed by atoms with van der Waals surface area (Å²) in [5.41, 5.74) is 6.57. The van der Waals surface area contributed by atoms with Gasteiger partial charge in [0.25, 0.3) is 0 Å². The third-order valence-corrected chi connectivity index (χ3v) is 4.80. The summed E-state index contributed by atoms with van der Waals surface area (Å²) in [6, 6.07) is 7.73. The van der Waals surface area contributed by atoms with Crippen LogP contribution in [-0.2, 0) is 4.79 Å². The van der Waals surface area contributed by atoms with Crippen LogP contribution in [0.15, 0.2) is 29.3 Å². The van der Waals surface area contributed by atoms with E-state index >= 15 is 0 Å². The molecule has 6 nitrogen and oxygen atoms in total. The van der Waals surface area contributed by atoms with Gasteiger partial charge in [-0.25, -0.2) is 0 Å². The van der Waals surface area contributed by atoms with Gasteiger partial charge in [0.1, 0.15) is 18.2 Å². The summed E-state index contributed by atoms with van der Waals surface area (Å²) in [6.07, 6.45) is 3.61. The number of rotatable bonds is 7. The van der Waals surface area contributed by atoms with Crippen LogP contribution < -0.4 is 15.8 Å². The summed E-state index contributed by atoms with van der Waals surface area (Å²) in [6.45, 7) is 7.58. The van der Waals surface area contributed by atoms with Crippen LogP contribution in [0.25, 0.3) is 0 Å². The highest BCUT2D eigenvalue weighted by Crippen LogP contribution is 2.27. The minimum atomic E-state index is -0.846. The minimum Gasteiger partial charge on any atom is -0.493 e. The second kappa shape index (κ2) is 9.03. The molecule has 1 aromatic carbocycles. The third kappa shape index (κ3) is 6.02. The van der Waals surface area contributed by atoms with Crippen LogP contribution in [0.4, 0.5) is 0 Å². The van der Waals surface area contributed by atoms with Crippen molar-refractivity contribution in [2.45, 2.75) is 46.1 Å². The lowest BCUT2D eigenvalue weighted by Gasteiger charge is -2.26. The molecule has 6 heteroatoms. The van der Waals surface area contributed by atoms with Gasteiger partial charge in [-0.1, -0.05) is 27.2 Å². The third-order valence-electron chi connectivity index (χ3n) is 4.80. The number of carboxylic acid groups (broad SMARTS) is 1. The summed E-state index contributed by atoms with van der Waals surface area (Å²) >= 11 is 0. The smallest absolute Gasteiger partial charge is 0.310 e. The highest BCUT2D eigenvalue weighted by Gasteiger charge is 2.31. The molecular formula is C20H31N3O3. The van der Waals surface area contributed by atoms with E-state index in [0.717, 1.165) is 18.5 Å². The number of piperidine rings is 1. The molecular weight excluding hydrogens is 330 g/mol. The molecule has 2 rings (SSSR count). The molecule has 1 heterocycles. The number of ether oxygens (including phenoxy) is 1. The molecule has 1 aromatic rings. The van der Waals surface area contributed by atoms with E-state index < -0.39 is 11.9 Å². The molecule has 0 radical (unpaired) electrons. The maximum atomic E-state index is 11.4. The Morgan fingerprint density at radius 3 is 2.58 bits per heavy atom. The Morgan fingerprint density at radius 2 is 2.04 bits per heavy atom. The van der Waals surface area contributed by atoms with E-state index in [-0.39, 0.29) is 12.0 Å². The molecule has 1 saturated heterocycles. The monoisotopic (exact) mass is 361 g/mol. The summed E-state index contributed by atoms with van der Waals surface area (Å²) in [7, 11) is 0. The van der Waals surface area contributed by atoms with Gasteiger partial charge in [0.2, 0.25) is 0 Å². The number of nitrogens with two attached hydrogens (primary N) is 1. The first-order valence-electron chi connectivity index (χ1n) is 9.26. The zero-order valence-electron chi connectivity index (χ0n) is 16.0. The topological polar surface area (TPSA) is 96.9 Å². The molecule has 144 valence electrons. The highest BCUT2D eigenvalue weighted by atomic mass is 16.5. The average molecular weight is 361 g/mol. The van der Waals surface area contributed by atoms with Gasteiger partial charge >= 0.3 is 5.97 Å². The van der Waals surface area contributed by atoms with Gasteiger partial charge < -0.3 is 20.9 Å². The van der Waals surface area contributed by atoms with E-state index in [1.54, 1.807) is 12.1 Å². The normalized spacial score (nSPS) is 19.8. The second-order valence-electron chi connectivity index (χ2n) is 7.96. The number of carbonyl (C=O) groups is 1. The summed E-state index contributed by atoms with van der Waals surface area (Å²) in [4.78, 5) is 15.9. The van der Waals surface area contributed by atoms with E-state index in [9.17, 15) is 9.90 Å². The summed E-state index contributed by atoms with van der Waals surface area (Å²) < 4.78 is 5.67. The Labute approximate surface area is 155 Å². The fourth-order valence-corrected chi connectivity index (χ4v) is 2.97. The van der Waals surface area contributed by atoms with Crippen molar-refractivity contribution >= 4 is 11.8 Å². The Hall–Kier alpha value is -2.08. The Balaban J connectivity index is 1.91. The molecule has 1 unspecified atom stereocenters. The minimum absolute atomic E-state index is 0.134. The van der Waals surface area contributed by atoms with Gasteiger partial charge in [0.15, 0.2) is 0 Å². The van der Waals surface area contributed by atoms with Crippen LogP contribution in [0.3, 0.4) is 0 Å². The zero-order chi connectivity index (χ0) is 19.2. The van der Waals surface area contributed by atoms with Crippen LogP contribution in [-0.4, -0.2) is 42.6 Å². The predicted octanol–water partition coefficient (Wildman–Crippen LogP) is 2.66. The van der Waals surface area contributed by atoms with Crippen molar-refractivity contribution in [2.75, 3.05) is 19.7 Å². The standard InChI is InChI=1S/C20H31N3O3/c1-20(2,3)17(19(24)25)13-26-16-9-7-14(8-10-16)18(21)23-12-15-6-4-5-11-22-15/h7-10,15,17,22H,4-6,11-13H2,1-3H3,(H2,21,23)(H,24,25)/t15?,17-/m0/s1. The Kier molecular flexibility index (Phi) is 7.03. The van der Waals surface area contributed by atoms with Crippen molar-refractivity contribution < 1.29 is 14.6 Å². The van der Waals surface area contributed by atoms with Crippen molar-refractivity contribution in [3.8, 4) is 5.75 Å². The van der Waals surface area contributed by atoms with Crippen LogP contribution >= 0.6 is 0 Å². The van der Waals surface area contributed by atoms with E-state index in [4.69, 9.17) is 10.5 Å². The number of hydrogen-bond donors (Lipinski definition) is 3. The predicted molar refractivity (Wildman–Crippen MR) is 104 cm³/mol. The first-order valence-corrected chi connectivity index (χ1v) is 9.26. The van der Waals surface area contributed by atoms with Crippen LogP contribution in [0.5, 0.6) is 5.75 Å². The number of amidine groups is 1. The number of nitrogens with one attached hydrogen (secondary N) is 1. The number of carboxylic acids is 1. The Bertz CT molecular complexity index is 614. The zero-order valence-corrected chi connectivity index (χ0v) is 16.0. The molecule has 4 N–H and O–H groups in total. The van der Waals surface area contributed by atoms with Crippen molar-refractivity contribution in [1.29, 1.82) is 0 Å². The lowest BCUT2D eigenvalue weighted by Crippen LogP contribution is -2.36. The lowest BCUT2D eigenvalue weighted by atomic mass is 9.81. The number of aliphatic carboxylic acids is 1. The molecule has 0 aliphatic carbocycles. The van der Waals surface area contributed by atoms with Crippen molar-refractivity contribution in [1.82, 2.24) is 5.32 Å². The molecule has 1 aliphatic heterocycles. The van der Waals surface area contributed by atoms with E-state index in [1.165, 1.54) is 12.8 Å². The van der Waals surface area contributed by atoms with Crippen molar-refractivity contribution in [3.05, 3.63) is 29.8 Å². The van der Waals surface area contributed by atoms with E-state index in [1.807, 2.05) is 32.9 Å². The van der Waals surface area contributed by atoms with Gasteiger partial charge in [-0.2, -0.15) is 0 Å². The van der Waals surface area contributed by atoms with Crippen molar-refractivity contribution in [2.24, 2.45) is 22.1 Å².